The van der Waals surface area contributed by atoms with Gasteiger partial charge >= 0.3 is 99.8 Å². The fourth-order valence-electron chi connectivity index (χ4n) is 5.91. The minimum absolute atomic E-state index is 0. The van der Waals surface area contributed by atoms with Crippen molar-refractivity contribution in [3.8, 4) is 39.3 Å². The Kier molecular flexibility index (Phi) is 9.25. The van der Waals surface area contributed by atoms with Crippen molar-refractivity contribution >= 4 is 39.5 Å². The van der Waals surface area contributed by atoms with Crippen molar-refractivity contribution in [2.75, 3.05) is 0 Å². The molecule has 0 spiro atoms. The van der Waals surface area contributed by atoms with Gasteiger partial charge in [0.15, 0.2) is 0 Å². The summed E-state index contributed by atoms with van der Waals surface area (Å²) in [4.78, 5) is 9.31. The summed E-state index contributed by atoms with van der Waals surface area (Å²) in [5.74, 6) is 7.14. The van der Waals surface area contributed by atoms with Crippen molar-refractivity contribution in [2.24, 2.45) is 0 Å². The molecule has 0 aliphatic rings. The molecule has 243 valence electrons. The number of benzene rings is 5. The number of aromatic nitrogens is 3. The summed E-state index contributed by atoms with van der Waals surface area (Å²) in [5.41, 5.74) is 8.60. The zero-order valence-corrected chi connectivity index (χ0v) is 32.1. The fraction of sp³-hybridized carbons (Fsp3) is 0.0909. The fourth-order valence-corrected chi connectivity index (χ4v) is 8.08. The number of fused-ring (bicyclic) bond motifs is 3. The first kappa shape index (κ1) is 30.5. The zero-order valence-electron chi connectivity index (χ0n) is 30.6. The van der Waals surface area contributed by atoms with Gasteiger partial charge in [-0.3, -0.25) is 0 Å². The molecule has 0 bridgehead atoms. The maximum atomic E-state index is 8.03. The predicted molar refractivity (Wildman–Crippen MR) is 205 cm³/mol. The molecule has 0 saturated heterocycles. The predicted octanol–water partition coefficient (Wildman–Crippen LogP) is 10.7. The number of nitrogens with zero attached hydrogens (tertiary/aromatic N) is 3. The first-order chi connectivity index (χ1) is 24.6. The number of hydrogen-bond acceptors (Lipinski definition) is 2. The van der Waals surface area contributed by atoms with E-state index in [0.29, 0.717) is 5.56 Å². The monoisotopic (exact) mass is 877 g/mol. The third-order valence-corrected chi connectivity index (χ3v) is 12.8. The Balaban J connectivity index is 0.000000230. The number of hydrogen-bond donors (Lipinski definition) is 0. The standard InChI is InChI=1S/C30H21N2.C14H16GeN.Ir/c1-21-16-17-23(18-26(21)22-10-4-2-5-11-22)28-19-30-27(20-31-28)25-14-8-9-15-29(25)32(30)24-12-6-3-7-13-24;1-15(2,3)13-9-10-14(16-11-13)12-7-5-4-6-8-12;/h2-16,18-20H,1H3;4-7,9-11H,1-3H3;/q2*-1;/i1D3;;. The second-order valence-electron chi connectivity index (χ2n) is 12.8. The van der Waals surface area contributed by atoms with Gasteiger partial charge in [-0.2, -0.15) is 0 Å². The van der Waals surface area contributed by atoms with Gasteiger partial charge in [0.25, 0.3) is 0 Å². The Morgan fingerprint density at radius 2 is 1.35 bits per heavy atom. The van der Waals surface area contributed by atoms with Crippen LogP contribution in [0.3, 0.4) is 0 Å². The van der Waals surface area contributed by atoms with Gasteiger partial charge in [0.05, 0.1) is 5.52 Å². The average Bonchev–Trinajstić information content (AvgIpc) is 3.49. The molecule has 0 atom stereocenters. The van der Waals surface area contributed by atoms with Crippen molar-refractivity contribution < 1.29 is 24.2 Å². The number of pyridine rings is 2. The maximum Gasteiger partial charge on any atom is 0 e. The van der Waals surface area contributed by atoms with Crippen LogP contribution in [-0.2, 0) is 20.1 Å². The molecule has 8 rings (SSSR count). The first-order valence-electron chi connectivity index (χ1n) is 17.6. The number of rotatable bonds is 5. The molecule has 0 amide bonds. The normalized spacial score (nSPS) is 12.3. The molecule has 0 aliphatic heterocycles. The largest absolute Gasteiger partial charge is 0 e. The molecule has 0 saturated carbocycles. The van der Waals surface area contributed by atoms with Crippen LogP contribution in [0.25, 0.3) is 61.1 Å². The topological polar surface area (TPSA) is 30.7 Å². The molecule has 8 aromatic rings. The summed E-state index contributed by atoms with van der Waals surface area (Å²) < 4.78 is 27.8. The molecule has 0 aliphatic carbocycles. The van der Waals surface area contributed by atoms with Crippen molar-refractivity contribution in [3.63, 3.8) is 0 Å². The number of aryl methyl sites for hydroxylation is 1. The van der Waals surface area contributed by atoms with E-state index in [1.807, 2.05) is 103 Å². The molecule has 1 radical (unpaired) electrons. The second-order valence-corrected chi connectivity index (χ2v) is 23.4. The van der Waals surface area contributed by atoms with E-state index in [4.69, 9.17) is 9.10 Å². The van der Waals surface area contributed by atoms with Gasteiger partial charge in [-0.25, -0.2) is 0 Å². The molecule has 0 fully saturated rings. The molecular weight excluding hydrogens is 835 g/mol. The van der Waals surface area contributed by atoms with Crippen molar-refractivity contribution in [3.05, 3.63) is 170 Å². The Morgan fingerprint density at radius 1 is 0.633 bits per heavy atom. The van der Waals surface area contributed by atoms with E-state index in [1.165, 1.54) is 4.40 Å². The first-order valence-corrected chi connectivity index (χ1v) is 23.4. The van der Waals surface area contributed by atoms with E-state index in [9.17, 15) is 0 Å². The molecule has 3 heterocycles. The summed E-state index contributed by atoms with van der Waals surface area (Å²) in [5, 5.41) is 2.20. The molecule has 3 nitrogen and oxygen atoms in total. The molecule has 0 N–H and O–H groups in total. The van der Waals surface area contributed by atoms with Gasteiger partial charge in [-0.05, 0) is 29.5 Å². The van der Waals surface area contributed by atoms with Crippen molar-refractivity contribution in [1.82, 2.24) is 14.5 Å². The van der Waals surface area contributed by atoms with Crippen LogP contribution in [0.1, 0.15) is 9.68 Å². The quantitative estimate of drug-likeness (QED) is 0.127. The smallest absolute Gasteiger partial charge is 0 e. The molecule has 0 unspecified atom stereocenters. The summed E-state index contributed by atoms with van der Waals surface area (Å²) in [6.45, 7) is -2.24. The Morgan fingerprint density at radius 3 is 2.04 bits per heavy atom. The third-order valence-electron chi connectivity index (χ3n) is 8.50. The van der Waals surface area contributed by atoms with Crippen LogP contribution in [0.4, 0.5) is 0 Å². The minimum atomic E-state index is -2.24. The van der Waals surface area contributed by atoms with Gasteiger partial charge in [0, 0.05) is 52.4 Å². The van der Waals surface area contributed by atoms with E-state index in [2.05, 4.69) is 81.4 Å². The third kappa shape index (κ3) is 7.38. The van der Waals surface area contributed by atoms with Gasteiger partial charge in [-0.15, -0.1) is 29.3 Å². The van der Waals surface area contributed by atoms with E-state index in [-0.39, 0.29) is 25.7 Å². The number of para-hydroxylation sites is 2. The van der Waals surface area contributed by atoms with Gasteiger partial charge in [0.2, 0.25) is 0 Å². The Labute approximate surface area is 309 Å². The van der Waals surface area contributed by atoms with Crippen LogP contribution in [0.5, 0.6) is 0 Å². The van der Waals surface area contributed by atoms with Crippen LogP contribution in [0, 0.1) is 19.0 Å². The second kappa shape index (κ2) is 14.9. The molecule has 3 aromatic heterocycles. The van der Waals surface area contributed by atoms with Gasteiger partial charge in [-0.1, -0.05) is 85.2 Å². The Bertz CT molecular complexity index is 2420. The van der Waals surface area contributed by atoms with Gasteiger partial charge < -0.3 is 9.55 Å². The minimum Gasteiger partial charge on any atom is 0 e. The summed E-state index contributed by atoms with van der Waals surface area (Å²) >= 11 is -1.72. The summed E-state index contributed by atoms with van der Waals surface area (Å²) in [6, 6.07) is 52.4. The van der Waals surface area contributed by atoms with Crippen LogP contribution >= 0.6 is 0 Å². The van der Waals surface area contributed by atoms with Crippen molar-refractivity contribution in [2.45, 2.75) is 24.1 Å². The summed E-state index contributed by atoms with van der Waals surface area (Å²) in [7, 11) is 0. The van der Waals surface area contributed by atoms with Gasteiger partial charge in [0.1, 0.15) is 0 Å². The van der Waals surface area contributed by atoms with Crippen LogP contribution in [-0.4, -0.2) is 27.8 Å². The van der Waals surface area contributed by atoms with E-state index in [0.717, 1.165) is 55.6 Å². The SMILES string of the molecule is [2H]C([2H])([2H])c1c[c-]c(-c2cc3c(cn2)c2ccccc2n3-c2ccccc2)cc1-c1ccccc1.[CH3][Ge]([CH3])([CH3])[c]1ccc(-c2[c-]cccc2)nc1.[Ir]. The van der Waals surface area contributed by atoms with Crippen LogP contribution < -0.4 is 4.40 Å². The molecule has 5 aromatic carbocycles. The molecular formula is C44H37GeIrN3-2. The molecule has 49 heavy (non-hydrogen) atoms. The average molecular weight is 876 g/mol. The van der Waals surface area contributed by atoms with E-state index >= 15 is 0 Å². The maximum absolute atomic E-state index is 8.03. The van der Waals surface area contributed by atoms with E-state index in [1.54, 1.807) is 6.07 Å². The van der Waals surface area contributed by atoms with Crippen LogP contribution in [0.2, 0.25) is 17.3 Å². The van der Waals surface area contributed by atoms with Crippen LogP contribution in [0.15, 0.2) is 152 Å². The van der Waals surface area contributed by atoms with Crippen molar-refractivity contribution in [1.29, 1.82) is 0 Å². The molecule has 5 heteroatoms. The van der Waals surface area contributed by atoms with E-state index < -0.39 is 20.1 Å². The zero-order chi connectivity index (χ0) is 35.6. The summed E-state index contributed by atoms with van der Waals surface area (Å²) in [6.07, 6.45) is 3.94. The Hall–Kier alpha value is -4.61.